The molecule has 1 saturated heterocycles. The normalized spacial score (nSPS) is 30.4. The van der Waals surface area contributed by atoms with Crippen LogP contribution in [-0.2, 0) is 0 Å². The van der Waals surface area contributed by atoms with E-state index in [2.05, 4.69) is 51.7 Å². The molecule has 0 spiro atoms. The Hall–Kier alpha value is -0.540. The molecule has 2 fully saturated rings. The molecule has 0 radical (unpaired) electrons. The SMILES string of the molecule is Cc1ccc(NC2CCCC2C2CCCCN2)c(Br)c1. The molecule has 0 amide bonds. The van der Waals surface area contributed by atoms with E-state index < -0.39 is 0 Å². The van der Waals surface area contributed by atoms with Gasteiger partial charge in [0.25, 0.3) is 0 Å². The molecule has 2 nitrogen and oxygen atoms in total. The van der Waals surface area contributed by atoms with Crippen molar-refractivity contribution in [1.82, 2.24) is 5.32 Å². The van der Waals surface area contributed by atoms with Gasteiger partial charge in [-0.3, -0.25) is 0 Å². The van der Waals surface area contributed by atoms with Gasteiger partial charge < -0.3 is 10.6 Å². The first-order chi connectivity index (χ1) is 9.74. The average molecular weight is 337 g/mol. The molecule has 1 aromatic rings. The number of rotatable bonds is 3. The highest BCUT2D eigenvalue weighted by atomic mass is 79.9. The number of aryl methyl sites for hydroxylation is 1. The lowest BCUT2D eigenvalue weighted by Crippen LogP contribution is -2.44. The van der Waals surface area contributed by atoms with E-state index in [1.807, 2.05) is 0 Å². The Morgan fingerprint density at radius 3 is 2.80 bits per heavy atom. The van der Waals surface area contributed by atoms with Crippen LogP contribution in [-0.4, -0.2) is 18.6 Å². The van der Waals surface area contributed by atoms with Crippen LogP contribution in [0.5, 0.6) is 0 Å². The Kier molecular flexibility index (Phi) is 4.67. The minimum Gasteiger partial charge on any atom is -0.381 e. The first-order valence-corrected chi connectivity index (χ1v) is 8.79. The van der Waals surface area contributed by atoms with Crippen LogP contribution in [0, 0.1) is 12.8 Å². The molecule has 1 saturated carbocycles. The number of piperidine rings is 1. The van der Waals surface area contributed by atoms with Crippen LogP contribution >= 0.6 is 15.9 Å². The van der Waals surface area contributed by atoms with Gasteiger partial charge in [-0.25, -0.2) is 0 Å². The fourth-order valence-corrected chi connectivity index (χ4v) is 4.44. The van der Waals surface area contributed by atoms with Gasteiger partial charge in [0.2, 0.25) is 0 Å². The Morgan fingerprint density at radius 1 is 1.15 bits per heavy atom. The molecule has 3 unspecified atom stereocenters. The molecule has 0 bridgehead atoms. The summed E-state index contributed by atoms with van der Waals surface area (Å²) in [7, 11) is 0. The lowest BCUT2D eigenvalue weighted by Gasteiger charge is -2.33. The maximum atomic E-state index is 3.80. The van der Waals surface area contributed by atoms with Gasteiger partial charge in [0.1, 0.15) is 0 Å². The second-order valence-corrected chi connectivity index (χ2v) is 7.24. The molecule has 110 valence electrons. The summed E-state index contributed by atoms with van der Waals surface area (Å²) in [5.74, 6) is 0.795. The van der Waals surface area contributed by atoms with Gasteiger partial charge in [0, 0.05) is 22.2 Å². The predicted molar refractivity (Wildman–Crippen MR) is 89.3 cm³/mol. The zero-order valence-electron chi connectivity index (χ0n) is 12.3. The minimum absolute atomic E-state index is 0.629. The molecule has 3 atom stereocenters. The third kappa shape index (κ3) is 3.20. The maximum Gasteiger partial charge on any atom is 0.0487 e. The highest BCUT2D eigenvalue weighted by Gasteiger charge is 2.34. The molecule has 2 N–H and O–H groups in total. The van der Waals surface area contributed by atoms with Crippen molar-refractivity contribution in [2.75, 3.05) is 11.9 Å². The third-order valence-electron chi connectivity index (χ3n) is 4.90. The summed E-state index contributed by atoms with van der Waals surface area (Å²) in [6.07, 6.45) is 8.16. The standard InChI is InChI=1S/C17H25BrN2/c1-12-8-9-17(14(18)11-12)20-16-7-4-5-13(16)15-6-2-3-10-19-15/h8-9,11,13,15-16,19-20H,2-7,10H2,1H3. The number of benzene rings is 1. The lowest BCUT2D eigenvalue weighted by atomic mass is 9.88. The fraction of sp³-hybridized carbons (Fsp3) is 0.647. The predicted octanol–water partition coefficient (Wildman–Crippen LogP) is 4.48. The number of anilines is 1. The van der Waals surface area contributed by atoms with Gasteiger partial charge in [-0.2, -0.15) is 0 Å². The van der Waals surface area contributed by atoms with Crippen LogP contribution in [0.2, 0.25) is 0 Å². The largest absolute Gasteiger partial charge is 0.381 e. The van der Waals surface area contributed by atoms with Crippen molar-refractivity contribution in [2.24, 2.45) is 5.92 Å². The van der Waals surface area contributed by atoms with Crippen molar-refractivity contribution in [3.05, 3.63) is 28.2 Å². The number of halogens is 1. The van der Waals surface area contributed by atoms with E-state index in [4.69, 9.17) is 0 Å². The van der Waals surface area contributed by atoms with Crippen LogP contribution in [0.4, 0.5) is 5.69 Å². The Bertz CT molecular complexity index is 454. The molecule has 2 aliphatic rings. The summed E-state index contributed by atoms with van der Waals surface area (Å²) in [6, 6.07) is 7.96. The second kappa shape index (κ2) is 6.48. The third-order valence-corrected chi connectivity index (χ3v) is 5.56. The molecular formula is C17H25BrN2. The quantitative estimate of drug-likeness (QED) is 0.850. The zero-order valence-corrected chi connectivity index (χ0v) is 13.9. The van der Waals surface area contributed by atoms with E-state index in [-0.39, 0.29) is 0 Å². The monoisotopic (exact) mass is 336 g/mol. The highest BCUT2D eigenvalue weighted by Crippen LogP contribution is 2.35. The van der Waals surface area contributed by atoms with Gasteiger partial charge in [-0.1, -0.05) is 18.9 Å². The first kappa shape index (κ1) is 14.4. The van der Waals surface area contributed by atoms with Gasteiger partial charge >= 0.3 is 0 Å². The van der Waals surface area contributed by atoms with E-state index in [0.29, 0.717) is 6.04 Å². The number of nitrogens with one attached hydrogen (secondary N) is 2. The van der Waals surface area contributed by atoms with Gasteiger partial charge in [-0.05, 0) is 78.7 Å². The van der Waals surface area contributed by atoms with Crippen molar-refractivity contribution in [2.45, 2.75) is 57.5 Å². The van der Waals surface area contributed by atoms with E-state index in [0.717, 1.165) is 12.0 Å². The number of hydrogen-bond donors (Lipinski definition) is 2. The first-order valence-electron chi connectivity index (χ1n) is 8.00. The van der Waals surface area contributed by atoms with Crippen LogP contribution in [0.1, 0.15) is 44.1 Å². The smallest absolute Gasteiger partial charge is 0.0487 e. The van der Waals surface area contributed by atoms with Crippen LogP contribution < -0.4 is 10.6 Å². The van der Waals surface area contributed by atoms with Crippen molar-refractivity contribution >= 4 is 21.6 Å². The molecule has 20 heavy (non-hydrogen) atoms. The van der Waals surface area contributed by atoms with Crippen molar-refractivity contribution in [3.63, 3.8) is 0 Å². The fourth-order valence-electron chi connectivity index (χ4n) is 3.83. The summed E-state index contributed by atoms with van der Waals surface area (Å²) < 4.78 is 1.19. The average Bonchev–Trinajstić information content (AvgIpc) is 2.91. The molecule has 1 aliphatic carbocycles. The summed E-state index contributed by atoms with van der Waals surface area (Å²) in [4.78, 5) is 0. The molecule has 1 heterocycles. The minimum atomic E-state index is 0.629. The highest BCUT2D eigenvalue weighted by molar-refractivity contribution is 9.10. The van der Waals surface area contributed by atoms with Crippen LogP contribution in [0.15, 0.2) is 22.7 Å². The second-order valence-electron chi connectivity index (χ2n) is 6.39. The molecule has 0 aromatic heterocycles. The Morgan fingerprint density at radius 2 is 2.05 bits per heavy atom. The summed E-state index contributed by atoms with van der Waals surface area (Å²) in [5, 5.41) is 7.55. The summed E-state index contributed by atoms with van der Waals surface area (Å²) in [6.45, 7) is 3.35. The van der Waals surface area contributed by atoms with Crippen molar-refractivity contribution in [1.29, 1.82) is 0 Å². The molecule has 1 aromatic carbocycles. The molecular weight excluding hydrogens is 312 g/mol. The van der Waals surface area contributed by atoms with Crippen molar-refractivity contribution < 1.29 is 0 Å². The van der Waals surface area contributed by atoms with E-state index in [1.165, 1.54) is 60.8 Å². The molecule has 3 heteroatoms. The molecule has 1 aliphatic heterocycles. The summed E-state index contributed by atoms with van der Waals surface area (Å²) >= 11 is 3.69. The van der Waals surface area contributed by atoms with Gasteiger partial charge in [0.05, 0.1) is 0 Å². The van der Waals surface area contributed by atoms with Crippen molar-refractivity contribution in [3.8, 4) is 0 Å². The summed E-state index contributed by atoms with van der Waals surface area (Å²) in [5.41, 5.74) is 2.56. The maximum absolute atomic E-state index is 3.80. The topological polar surface area (TPSA) is 24.1 Å². The van der Waals surface area contributed by atoms with Crippen LogP contribution in [0.3, 0.4) is 0 Å². The zero-order chi connectivity index (χ0) is 13.9. The van der Waals surface area contributed by atoms with E-state index >= 15 is 0 Å². The van der Waals surface area contributed by atoms with E-state index in [9.17, 15) is 0 Å². The van der Waals surface area contributed by atoms with Gasteiger partial charge in [-0.15, -0.1) is 0 Å². The number of hydrogen-bond acceptors (Lipinski definition) is 2. The van der Waals surface area contributed by atoms with Gasteiger partial charge in [0.15, 0.2) is 0 Å². The van der Waals surface area contributed by atoms with Crippen LogP contribution in [0.25, 0.3) is 0 Å². The Balaban J connectivity index is 1.68. The Labute approximate surface area is 130 Å². The lowest BCUT2D eigenvalue weighted by molar-refractivity contribution is 0.286. The van der Waals surface area contributed by atoms with E-state index in [1.54, 1.807) is 0 Å². The molecule has 3 rings (SSSR count).